The third-order valence-electron chi connectivity index (χ3n) is 2.13. The fourth-order valence-electron chi connectivity index (χ4n) is 1.38. The lowest BCUT2D eigenvalue weighted by Gasteiger charge is -2.09. The standard InChI is InChI=1S/C10H7F3N4/c11-10(12,13)6-15-8-1-2-9-7(3-14)4-16-17(9)5-8/h1-2,4-5,15H,6H2. The van der Waals surface area contributed by atoms with Gasteiger partial charge in [-0.2, -0.15) is 23.5 Å². The molecule has 0 unspecified atom stereocenters. The summed E-state index contributed by atoms with van der Waals surface area (Å²) in [7, 11) is 0. The van der Waals surface area contributed by atoms with Gasteiger partial charge in [0.15, 0.2) is 0 Å². The van der Waals surface area contributed by atoms with Crippen LogP contribution in [0.15, 0.2) is 24.5 Å². The number of anilines is 1. The van der Waals surface area contributed by atoms with Gasteiger partial charge in [-0.15, -0.1) is 0 Å². The fourth-order valence-corrected chi connectivity index (χ4v) is 1.38. The summed E-state index contributed by atoms with van der Waals surface area (Å²) in [5, 5.41) is 14.8. The number of halogens is 3. The number of fused-ring (bicyclic) bond motifs is 1. The van der Waals surface area contributed by atoms with Gasteiger partial charge in [0, 0.05) is 0 Å². The van der Waals surface area contributed by atoms with E-state index in [2.05, 4.69) is 10.4 Å². The van der Waals surface area contributed by atoms with Crippen molar-refractivity contribution in [1.82, 2.24) is 9.61 Å². The first-order valence-corrected chi connectivity index (χ1v) is 4.68. The average molecular weight is 240 g/mol. The summed E-state index contributed by atoms with van der Waals surface area (Å²) in [5.41, 5.74) is 1.24. The molecular weight excluding hydrogens is 233 g/mol. The van der Waals surface area contributed by atoms with Crippen molar-refractivity contribution >= 4 is 11.2 Å². The van der Waals surface area contributed by atoms with Crippen LogP contribution in [0.2, 0.25) is 0 Å². The van der Waals surface area contributed by atoms with Gasteiger partial charge in [0.2, 0.25) is 0 Å². The average Bonchev–Trinajstić information content (AvgIpc) is 2.67. The van der Waals surface area contributed by atoms with E-state index in [9.17, 15) is 13.2 Å². The number of aromatic nitrogens is 2. The van der Waals surface area contributed by atoms with Crippen LogP contribution >= 0.6 is 0 Å². The minimum Gasteiger partial charge on any atom is -0.375 e. The van der Waals surface area contributed by atoms with Gasteiger partial charge in [0.05, 0.1) is 29.2 Å². The van der Waals surface area contributed by atoms with Crippen LogP contribution in [-0.4, -0.2) is 22.3 Å². The molecule has 2 heterocycles. The smallest absolute Gasteiger partial charge is 0.375 e. The monoisotopic (exact) mass is 240 g/mol. The Bertz CT molecular complexity index is 579. The molecule has 88 valence electrons. The zero-order valence-electron chi connectivity index (χ0n) is 8.49. The molecule has 0 aromatic carbocycles. The molecule has 0 saturated heterocycles. The maximum atomic E-state index is 12.0. The molecule has 0 atom stereocenters. The van der Waals surface area contributed by atoms with E-state index in [1.165, 1.54) is 23.0 Å². The Morgan fingerprint density at radius 2 is 2.18 bits per heavy atom. The van der Waals surface area contributed by atoms with Crippen LogP contribution in [0.3, 0.4) is 0 Å². The quantitative estimate of drug-likeness (QED) is 0.875. The summed E-state index contributed by atoms with van der Waals surface area (Å²) in [6.45, 7) is -1.11. The number of hydrogen-bond acceptors (Lipinski definition) is 3. The Labute approximate surface area is 94.3 Å². The van der Waals surface area contributed by atoms with E-state index < -0.39 is 12.7 Å². The first-order valence-electron chi connectivity index (χ1n) is 4.68. The highest BCUT2D eigenvalue weighted by Crippen LogP contribution is 2.18. The second kappa shape index (κ2) is 3.97. The van der Waals surface area contributed by atoms with E-state index in [1.807, 2.05) is 6.07 Å². The number of hydrogen-bond donors (Lipinski definition) is 1. The summed E-state index contributed by atoms with van der Waals surface area (Å²) >= 11 is 0. The van der Waals surface area contributed by atoms with Crippen molar-refractivity contribution in [3.05, 3.63) is 30.1 Å². The van der Waals surface area contributed by atoms with Gasteiger partial charge in [-0.1, -0.05) is 0 Å². The number of rotatable bonds is 2. The largest absolute Gasteiger partial charge is 0.405 e. The normalized spacial score (nSPS) is 11.4. The highest BCUT2D eigenvalue weighted by Gasteiger charge is 2.26. The lowest BCUT2D eigenvalue weighted by Crippen LogP contribution is -2.21. The molecule has 0 aliphatic rings. The third-order valence-corrected chi connectivity index (χ3v) is 2.13. The Hall–Kier alpha value is -2.23. The van der Waals surface area contributed by atoms with Crippen LogP contribution in [0, 0.1) is 11.3 Å². The molecule has 0 radical (unpaired) electrons. The molecule has 0 bridgehead atoms. The van der Waals surface area contributed by atoms with Gasteiger partial charge in [0.25, 0.3) is 0 Å². The predicted molar refractivity (Wildman–Crippen MR) is 54.5 cm³/mol. The molecule has 4 nitrogen and oxygen atoms in total. The van der Waals surface area contributed by atoms with Crippen LogP contribution in [0.25, 0.3) is 5.52 Å². The van der Waals surface area contributed by atoms with Gasteiger partial charge in [-0.3, -0.25) is 0 Å². The molecule has 0 aliphatic heterocycles. The lowest BCUT2D eigenvalue weighted by atomic mass is 10.3. The Balaban J connectivity index is 2.24. The molecule has 2 aromatic heterocycles. The Morgan fingerprint density at radius 1 is 1.41 bits per heavy atom. The molecule has 0 amide bonds. The van der Waals surface area contributed by atoms with Gasteiger partial charge in [-0.05, 0) is 12.1 Å². The Morgan fingerprint density at radius 3 is 2.82 bits per heavy atom. The van der Waals surface area contributed by atoms with Crippen molar-refractivity contribution in [3.63, 3.8) is 0 Å². The first-order chi connectivity index (χ1) is 7.99. The molecule has 0 saturated carbocycles. The summed E-state index contributed by atoms with van der Waals surface area (Å²) in [5.74, 6) is 0. The van der Waals surface area contributed by atoms with Crippen LogP contribution < -0.4 is 5.32 Å². The van der Waals surface area contributed by atoms with Crippen molar-refractivity contribution in [2.75, 3.05) is 11.9 Å². The van der Waals surface area contributed by atoms with Crippen molar-refractivity contribution in [2.45, 2.75) is 6.18 Å². The summed E-state index contributed by atoms with van der Waals surface area (Å²) in [4.78, 5) is 0. The van der Waals surface area contributed by atoms with Crippen LogP contribution in [0.5, 0.6) is 0 Å². The molecule has 2 aromatic rings. The zero-order chi connectivity index (χ0) is 12.5. The number of pyridine rings is 1. The molecule has 17 heavy (non-hydrogen) atoms. The van der Waals surface area contributed by atoms with Gasteiger partial charge >= 0.3 is 6.18 Å². The molecule has 0 fully saturated rings. The highest BCUT2D eigenvalue weighted by molar-refractivity contribution is 5.62. The Kier molecular flexibility index (Phi) is 2.63. The minimum atomic E-state index is -4.27. The van der Waals surface area contributed by atoms with E-state index in [0.717, 1.165) is 0 Å². The summed E-state index contributed by atoms with van der Waals surface area (Å²) in [6, 6.07) is 4.96. The van der Waals surface area contributed by atoms with Crippen LogP contribution in [0.1, 0.15) is 5.56 Å². The SMILES string of the molecule is N#Cc1cnn2cc(NCC(F)(F)F)ccc12. The van der Waals surface area contributed by atoms with E-state index in [1.54, 1.807) is 6.07 Å². The van der Waals surface area contributed by atoms with Crippen LogP contribution in [-0.2, 0) is 0 Å². The van der Waals surface area contributed by atoms with Crippen molar-refractivity contribution < 1.29 is 13.2 Å². The predicted octanol–water partition coefficient (Wildman–Crippen LogP) is 2.18. The maximum Gasteiger partial charge on any atom is 0.405 e. The molecule has 1 N–H and O–H groups in total. The van der Waals surface area contributed by atoms with E-state index in [4.69, 9.17) is 5.26 Å². The highest BCUT2D eigenvalue weighted by atomic mass is 19.4. The number of nitriles is 1. The maximum absolute atomic E-state index is 12.0. The van der Waals surface area contributed by atoms with Crippen molar-refractivity contribution in [3.8, 4) is 6.07 Å². The molecule has 2 rings (SSSR count). The van der Waals surface area contributed by atoms with Crippen LogP contribution in [0.4, 0.5) is 18.9 Å². The van der Waals surface area contributed by atoms with Crippen molar-refractivity contribution in [1.29, 1.82) is 5.26 Å². The number of nitrogens with one attached hydrogen (secondary N) is 1. The zero-order valence-corrected chi connectivity index (χ0v) is 8.49. The molecular formula is C10H7F3N4. The lowest BCUT2D eigenvalue weighted by molar-refractivity contribution is -0.115. The third kappa shape index (κ3) is 2.47. The van der Waals surface area contributed by atoms with Crippen molar-refractivity contribution in [2.24, 2.45) is 0 Å². The second-order valence-corrected chi connectivity index (χ2v) is 3.39. The molecule has 0 spiro atoms. The first kappa shape index (κ1) is 11.3. The molecule has 0 aliphatic carbocycles. The van der Waals surface area contributed by atoms with Gasteiger partial charge in [0.1, 0.15) is 12.6 Å². The van der Waals surface area contributed by atoms with E-state index in [-0.39, 0.29) is 0 Å². The van der Waals surface area contributed by atoms with E-state index in [0.29, 0.717) is 16.8 Å². The van der Waals surface area contributed by atoms with E-state index >= 15 is 0 Å². The topological polar surface area (TPSA) is 53.1 Å². The second-order valence-electron chi connectivity index (χ2n) is 3.39. The fraction of sp³-hybridized carbons (Fsp3) is 0.200. The number of nitrogens with zero attached hydrogens (tertiary/aromatic N) is 3. The summed E-state index contributed by atoms with van der Waals surface area (Å²) in [6.07, 6.45) is -1.50. The van der Waals surface area contributed by atoms with Gasteiger partial charge in [-0.25, -0.2) is 4.52 Å². The minimum absolute atomic E-state index is 0.294. The number of alkyl halides is 3. The molecule has 7 heteroatoms. The summed E-state index contributed by atoms with van der Waals surface area (Å²) < 4.78 is 37.3. The van der Waals surface area contributed by atoms with Gasteiger partial charge < -0.3 is 5.32 Å².